The van der Waals surface area contributed by atoms with E-state index in [1.165, 1.54) is 11.8 Å². The fourth-order valence-electron chi connectivity index (χ4n) is 2.64. The molecule has 0 aromatic carbocycles. The molecule has 0 radical (unpaired) electrons. The Balaban J connectivity index is 5.37. The minimum absolute atomic E-state index is 0.00475. The van der Waals surface area contributed by atoms with Crippen LogP contribution in [0.3, 0.4) is 0 Å². The molecule has 0 bridgehead atoms. The second-order valence-electron chi connectivity index (χ2n) is 7.68. The molecule has 0 aliphatic carbocycles. The van der Waals surface area contributed by atoms with Crippen molar-refractivity contribution in [2.75, 3.05) is 12.0 Å². The van der Waals surface area contributed by atoms with Crippen molar-refractivity contribution >= 4 is 47.3 Å². The minimum atomic E-state index is -1.68. The largest absolute Gasteiger partial charge is 0.481 e. The van der Waals surface area contributed by atoms with Crippen LogP contribution in [0.5, 0.6) is 0 Å². The second-order valence-corrected chi connectivity index (χ2v) is 8.67. The van der Waals surface area contributed by atoms with E-state index in [2.05, 4.69) is 16.0 Å². The molecular formula is C19H33N5O8S. The first-order chi connectivity index (χ1) is 15.3. The van der Waals surface area contributed by atoms with E-state index < -0.39 is 72.1 Å². The van der Waals surface area contributed by atoms with Crippen molar-refractivity contribution in [2.24, 2.45) is 17.4 Å². The average Bonchev–Trinajstić information content (AvgIpc) is 2.71. The number of amides is 4. The van der Waals surface area contributed by atoms with Crippen molar-refractivity contribution < 1.29 is 39.0 Å². The molecule has 0 heterocycles. The quantitative estimate of drug-likeness (QED) is 0.125. The van der Waals surface area contributed by atoms with Gasteiger partial charge in [-0.15, -0.1) is 0 Å². The number of nitrogens with two attached hydrogens (primary N) is 2. The van der Waals surface area contributed by atoms with Gasteiger partial charge in [0.25, 0.3) is 0 Å². The summed E-state index contributed by atoms with van der Waals surface area (Å²) in [5.74, 6) is -5.80. The molecule has 9 N–H and O–H groups in total. The summed E-state index contributed by atoms with van der Waals surface area (Å²) in [6.07, 6.45) is 1.07. The highest BCUT2D eigenvalue weighted by Crippen LogP contribution is 2.07. The third-order valence-corrected chi connectivity index (χ3v) is 5.17. The summed E-state index contributed by atoms with van der Waals surface area (Å²) in [5.41, 5.74) is 10.8. The summed E-state index contributed by atoms with van der Waals surface area (Å²) >= 11 is 1.42. The minimum Gasteiger partial charge on any atom is -0.481 e. The predicted octanol–water partition coefficient (Wildman–Crippen LogP) is -2.00. The van der Waals surface area contributed by atoms with E-state index in [-0.39, 0.29) is 19.3 Å². The van der Waals surface area contributed by atoms with E-state index in [0.717, 1.165) is 0 Å². The van der Waals surface area contributed by atoms with Crippen LogP contribution in [0.15, 0.2) is 0 Å². The molecule has 33 heavy (non-hydrogen) atoms. The Morgan fingerprint density at radius 2 is 1.45 bits per heavy atom. The Morgan fingerprint density at radius 3 is 1.91 bits per heavy atom. The number of nitrogens with one attached hydrogen (secondary N) is 3. The zero-order valence-electron chi connectivity index (χ0n) is 18.8. The Morgan fingerprint density at radius 1 is 0.879 bits per heavy atom. The highest BCUT2D eigenvalue weighted by atomic mass is 32.2. The van der Waals surface area contributed by atoms with Crippen LogP contribution in [-0.2, 0) is 28.8 Å². The molecule has 4 atom stereocenters. The van der Waals surface area contributed by atoms with Crippen molar-refractivity contribution in [1.82, 2.24) is 16.0 Å². The third-order valence-electron chi connectivity index (χ3n) is 4.52. The lowest BCUT2D eigenvalue weighted by Gasteiger charge is -2.27. The first kappa shape index (κ1) is 30.1. The highest BCUT2D eigenvalue weighted by molar-refractivity contribution is 7.98. The Kier molecular flexibility index (Phi) is 13.7. The van der Waals surface area contributed by atoms with Gasteiger partial charge in [0, 0.05) is 6.42 Å². The number of primary amides is 1. The van der Waals surface area contributed by atoms with Gasteiger partial charge in [-0.25, -0.2) is 4.79 Å². The van der Waals surface area contributed by atoms with Crippen LogP contribution in [0.2, 0.25) is 0 Å². The molecule has 188 valence electrons. The molecule has 0 aliphatic rings. The van der Waals surface area contributed by atoms with Crippen molar-refractivity contribution in [3.8, 4) is 0 Å². The van der Waals surface area contributed by atoms with E-state index >= 15 is 0 Å². The zero-order valence-corrected chi connectivity index (χ0v) is 19.6. The van der Waals surface area contributed by atoms with Gasteiger partial charge in [0.15, 0.2) is 0 Å². The number of thioether (sulfide) groups is 1. The van der Waals surface area contributed by atoms with E-state index in [0.29, 0.717) is 5.75 Å². The fourth-order valence-corrected chi connectivity index (χ4v) is 3.11. The Labute approximate surface area is 195 Å². The van der Waals surface area contributed by atoms with Gasteiger partial charge in [0.05, 0.1) is 12.5 Å². The molecule has 0 fully saturated rings. The molecule has 0 spiro atoms. The number of carbonyl (C=O) groups is 6. The molecule has 0 aromatic heterocycles. The molecule has 0 saturated carbocycles. The van der Waals surface area contributed by atoms with E-state index in [4.69, 9.17) is 21.7 Å². The predicted molar refractivity (Wildman–Crippen MR) is 120 cm³/mol. The summed E-state index contributed by atoms with van der Waals surface area (Å²) in [7, 11) is 0. The molecule has 4 unspecified atom stereocenters. The lowest BCUT2D eigenvalue weighted by atomic mass is 10.0. The van der Waals surface area contributed by atoms with Gasteiger partial charge in [0.1, 0.15) is 18.1 Å². The normalized spacial score (nSPS) is 14.5. The standard InChI is InChI=1S/C19H33N5O8S/c1-9(2)15(18(30)23-12(19(31)32)8-14(26)27)24-17(29)11(6-7-33-3)22-16(28)10(20)4-5-13(21)25/h9-12,15H,4-8,20H2,1-3H3,(H2,21,25)(H,22,28)(H,23,30)(H,24,29)(H,26,27)(H,31,32). The molecule has 0 saturated heterocycles. The highest BCUT2D eigenvalue weighted by Gasteiger charge is 2.32. The third kappa shape index (κ3) is 12.1. The van der Waals surface area contributed by atoms with Gasteiger partial charge in [-0.2, -0.15) is 11.8 Å². The first-order valence-electron chi connectivity index (χ1n) is 10.2. The number of hydrogen-bond donors (Lipinski definition) is 7. The lowest BCUT2D eigenvalue weighted by Crippen LogP contribution is -2.58. The second kappa shape index (κ2) is 15.1. The summed E-state index contributed by atoms with van der Waals surface area (Å²) in [6.45, 7) is 3.21. The van der Waals surface area contributed by atoms with Gasteiger partial charge >= 0.3 is 11.9 Å². The molecule has 0 rings (SSSR count). The van der Waals surface area contributed by atoms with Crippen LogP contribution in [0, 0.1) is 5.92 Å². The fraction of sp³-hybridized carbons (Fsp3) is 0.684. The molecule has 0 aromatic rings. The molecule has 0 aliphatic heterocycles. The number of carboxylic acids is 2. The van der Waals surface area contributed by atoms with Gasteiger partial charge in [-0.1, -0.05) is 13.8 Å². The maximum absolute atomic E-state index is 12.8. The summed E-state index contributed by atoms with van der Waals surface area (Å²) in [6, 6.07) is -4.99. The SMILES string of the molecule is CSCCC(NC(=O)C(N)CCC(N)=O)C(=O)NC(C(=O)NC(CC(=O)O)C(=O)O)C(C)C. The molecule has 14 heteroatoms. The maximum Gasteiger partial charge on any atom is 0.326 e. The van der Waals surface area contributed by atoms with Gasteiger partial charge in [-0.3, -0.25) is 24.0 Å². The lowest BCUT2D eigenvalue weighted by molar-refractivity contribution is -0.147. The Bertz CT molecular complexity index is 733. The number of aliphatic carboxylic acids is 2. The monoisotopic (exact) mass is 491 g/mol. The first-order valence-corrected chi connectivity index (χ1v) is 11.6. The van der Waals surface area contributed by atoms with Crippen LogP contribution in [0.4, 0.5) is 0 Å². The number of rotatable bonds is 16. The number of carbonyl (C=O) groups excluding carboxylic acids is 4. The van der Waals surface area contributed by atoms with Crippen molar-refractivity contribution in [2.45, 2.75) is 63.7 Å². The number of hydrogen-bond acceptors (Lipinski definition) is 8. The van der Waals surface area contributed by atoms with Gasteiger partial charge in [0.2, 0.25) is 23.6 Å². The van der Waals surface area contributed by atoms with E-state index in [1.54, 1.807) is 20.1 Å². The smallest absolute Gasteiger partial charge is 0.326 e. The van der Waals surface area contributed by atoms with Crippen molar-refractivity contribution in [3.05, 3.63) is 0 Å². The zero-order chi connectivity index (χ0) is 25.7. The van der Waals surface area contributed by atoms with Crippen LogP contribution in [0.25, 0.3) is 0 Å². The average molecular weight is 492 g/mol. The summed E-state index contributed by atoms with van der Waals surface area (Å²) < 4.78 is 0. The molecule has 4 amide bonds. The van der Waals surface area contributed by atoms with E-state index in [1.807, 2.05) is 0 Å². The van der Waals surface area contributed by atoms with E-state index in [9.17, 15) is 28.8 Å². The molecule has 13 nitrogen and oxygen atoms in total. The van der Waals surface area contributed by atoms with Crippen LogP contribution >= 0.6 is 11.8 Å². The Hall–Kier alpha value is -2.87. The van der Waals surface area contributed by atoms with Crippen LogP contribution in [0.1, 0.15) is 39.5 Å². The summed E-state index contributed by atoms with van der Waals surface area (Å²) in [4.78, 5) is 70.7. The van der Waals surface area contributed by atoms with Crippen LogP contribution in [-0.4, -0.2) is 82.0 Å². The topological polar surface area (TPSA) is 231 Å². The molecular weight excluding hydrogens is 458 g/mol. The maximum atomic E-state index is 12.8. The van der Waals surface area contributed by atoms with Crippen molar-refractivity contribution in [1.29, 1.82) is 0 Å². The van der Waals surface area contributed by atoms with Crippen molar-refractivity contribution in [3.63, 3.8) is 0 Å². The summed E-state index contributed by atoms with van der Waals surface area (Å²) in [5, 5.41) is 25.1. The van der Waals surface area contributed by atoms with Gasteiger partial charge in [-0.05, 0) is 30.8 Å². The van der Waals surface area contributed by atoms with Gasteiger partial charge < -0.3 is 37.6 Å². The number of carboxylic acid groups (broad SMARTS) is 2. The van der Waals surface area contributed by atoms with Crippen LogP contribution < -0.4 is 27.4 Å².